The van der Waals surface area contributed by atoms with Crippen molar-refractivity contribution < 1.29 is 13.7 Å². The average molecular weight is 444 g/mol. The second kappa shape index (κ2) is 9.96. The molecular weight excluding hydrogens is 417 g/mol. The molecule has 0 aliphatic carbocycles. The highest BCUT2D eigenvalue weighted by molar-refractivity contribution is 5.37. The zero-order valence-corrected chi connectivity index (χ0v) is 18.3. The summed E-state index contributed by atoms with van der Waals surface area (Å²) in [6.45, 7) is 2.25. The van der Waals surface area contributed by atoms with E-state index in [1.165, 1.54) is 6.07 Å². The summed E-state index contributed by atoms with van der Waals surface area (Å²) in [4.78, 5) is 7.03. The molecule has 0 saturated carbocycles. The van der Waals surface area contributed by atoms with Crippen LogP contribution in [0.15, 0.2) is 89.5 Å². The van der Waals surface area contributed by atoms with Gasteiger partial charge in [-0.15, -0.1) is 0 Å². The van der Waals surface area contributed by atoms with Crippen LogP contribution in [0.1, 0.15) is 41.6 Å². The number of nitrogens with zero attached hydrogens (tertiary/aromatic N) is 3. The number of likely N-dealkylation sites (tertiary alicyclic amines) is 1. The van der Waals surface area contributed by atoms with Crippen LogP contribution in [0.3, 0.4) is 0 Å². The van der Waals surface area contributed by atoms with Crippen molar-refractivity contribution in [3.63, 3.8) is 0 Å². The molecule has 0 amide bonds. The highest BCUT2D eigenvalue weighted by Crippen LogP contribution is 2.30. The number of piperidine rings is 1. The fourth-order valence-corrected chi connectivity index (χ4v) is 4.33. The van der Waals surface area contributed by atoms with Gasteiger partial charge in [0.05, 0.1) is 12.5 Å². The molecule has 1 aromatic heterocycles. The van der Waals surface area contributed by atoms with E-state index in [4.69, 9.17) is 14.2 Å². The Hall–Kier alpha value is -3.51. The fraction of sp³-hybridized carbons (Fsp3) is 0.259. The molecule has 3 aromatic carbocycles. The minimum Gasteiger partial charge on any atom is -0.487 e. The van der Waals surface area contributed by atoms with Gasteiger partial charge in [0, 0.05) is 13.1 Å². The van der Waals surface area contributed by atoms with Gasteiger partial charge in [-0.25, -0.2) is 4.39 Å². The van der Waals surface area contributed by atoms with Crippen molar-refractivity contribution in [3.05, 3.63) is 114 Å². The van der Waals surface area contributed by atoms with Crippen molar-refractivity contribution in [3.8, 4) is 5.75 Å². The molecule has 0 radical (unpaired) electrons. The molecule has 0 bridgehead atoms. The largest absolute Gasteiger partial charge is 0.487 e. The van der Waals surface area contributed by atoms with Gasteiger partial charge in [0.2, 0.25) is 5.89 Å². The maximum atomic E-state index is 13.9. The molecule has 1 fully saturated rings. The lowest BCUT2D eigenvalue weighted by Gasteiger charge is -2.31. The van der Waals surface area contributed by atoms with Crippen LogP contribution in [0.25, 0.3) is 0 Å². The minimum atomic E-state index is -0.315. The highest BCUT2D eigenvalue weighted by Gasteiger charge is 2.25. The number of halogens is 1. The van der Waals surface area contributed by atoms with Gasteiger partial charge in [-0.05, 0) is 36.1 Å². The van der Waals surface area contributed by atoms with E-state index in [2.05, 4.69) is 34.3 Å². The second-order valence-electron chi connectivity index (χ2n) is 8.32. The Morgan fingerprint density at radius 3 is 2.12 bits per heavy atom. The van der Waals surface area contributed by atoms with Gasteiger partial charge in [0.15, 0.2) is 17.4 Å². The first-order valence-corrected chi connectivity index (χ1v) is 11.3. The Morgan fingerprint density at radius 1 is 0.879 bits per heavy atom. The third kappa shape index (κ3) is 5.12. The van der Waals surface area contributed by atoms with Crippen LogP contribution < -0.4 is 4.74 Å². The summed E-state index contributed by atoms with van der Waals surface area (Å²) in [6, 6.07) is 27.1. The molecule has 0 N–H and O–H groups in total. The number of hydrogen-bond acceptors (Lipinski definition) is 5. The molecule has 1 aliphatic heterocycles. The summed E-state index contributed by atoms with van der Waals surface area (Å²) in [5.41, 5.74) is 2.25. The first kappa shape index (κ1) is 21.3. The van der Waals surface area contributed by atoms with Crippen LogP contribution >= 0.6 is 0 Å². The molecule has 5 nitrogen and oxygen atoms in total. The van der Waals surface area contributed by atoms with Crippen LogP contribution in [-0.4, -0.2) is 34.2 Å². The predicted octanol–water partition coefficient (Wildman–Crippen LogP) is 5.43. The van der Waals surface area contributed by atoms with E-state index >= 15 is 0 Å². The molecule has 4 aromatic rings. The van der Waals surface area contributed by atoms with Crippen molar-refractivity contribution in [2.45, 2.75) is 31.4 Å². The van der Waals surface area contributed by atoms with E-state index in [1.54, 1.807) is 18.2 Å². The molecule has 1 aliphatic rings. The summed E-state index contributed by atoms with van der Waals surface area (Å²) in [5.74, 6) is 1.20. The van der Waals surface area contributed by atoms with Crippen LogP contribution in [-0.2, 0) is 6.54 Å². The van der Waals surface area contributed by atoms with Crippen molar-refractivity contribution >= 4 is 0 Å². The summed E-state index contributed by atoms with van der Waals surface area (Å²) < 4.78 is 25.4. The van der Waals surface area contributed by atoms with Gasteiger partial charge in [-0.1, -0.05) is 78.0 Å². The lowest BCUT2D eigenvalue weighted by molar-refractivity contribution is 0.0875. The van der Waals surface area contributed by atoms with Gasteiger partial charge in [-0.2, -0.15) is 4.98 Å². The molecule has 0 spiro atoms. The molecule has 1 saturated heterocycles. The zero-order chi connectivity index (χ0) is 22.5. The Kier molecular flexibility index (Phi) is 6.44. The fourth-order valence-electron chi connectivity index (χ4n) is 4.33. The van der Waals surface area contributed by atoms with E-state index in [-0.39, 0.29) is 17.8 Å². The first-order valence-electron chi connectivity index (χ1n) is 11.3. The van der Waals surface area contributed by atoms with Crippen LogP contribution in [0.5, 0.6) is 5.75 Å². The van der Waals surface area contributed by atoms with E-state index in [1.807, 2.05) is 36.4 Å². The average Bonchev–Trinajstić information content (AvgIpc) is 3.31. The lowest BCUT2D eigenvalue weighted by atomic mass is 9.91. The topological polar surface area (TPSA) is 51.4 Å². The summed E-state index contributed by atoms with van der Waals surface area (Å²) in [7, 11) is 0. The van der Waals surface area contributed by atoms with Crippen LogP contribution in [0, 0.1) is 5.82 Å². The van der Waals surface area contributed by atoms with Crippen molar-refractivity contribution in [2.75, 3.05) is 13.1 Å². The third-order valence-electron chi connectivity index (χ3n) is 6.03. The molecule has 6 heteroatoms. The molecule has 168 valence electrons. The van der Waals surface area contributed by atoms with E-state index in [0.717, 1.165) is 37.1 Å². The number of ether oxygens (including phenoxy) is 1. The van der Waals surface area contributed by atoms with E-state index in [0.29, 0.717) is 24.0 Å². The van der Waals surface area contributed by atoms with Crippen molar-refractivity contribution in [1.29, 1.82) is 0 Å². The normalized spacial score (nSPS) is 15.1. The molecule has 0 unspecified atom stereocenters. The predicted molar refractivity (Wildman–Crippen MR) is 123 cm³/mol. The molecule has 33 heavy (non-hydrogen) atoms. The molecule has 0 atom stereocenters. The minimum absolute atomic E-state index is 0.0111. The Bertz CT molecular complexity index is 1120. The highest BCUT2D eigenvalue weighted by atomic mass is 19.1. The van der Waals surface area contributed by atoms with Gasteiger partial charge >= 0.3 is 0 Å². The van der Waals surface area contributed by atoms with E-state index in [9.17, 15) is 4.39 Å². The zero-order valence-electron chi connectivity index (χ0n) is 18.3. The van der Waals surface area contributed by atoms with Crippen LogP contribution in [0.4, 0.5) is 4.39 Å². The summed E-state index contributed by atoms with van der Waals surface area (Å²) >= 11 is 0. The van der Waals surface area contributed by atoms with E-state index < -0.39 is 0 Å². The second-order valence-corrected chi connectivity index (χ2v) is 8.32. The molecular formula is C27H26FN3O2. The monoisotopic (exact) mass is 443 g/mol. The Balaban J connectivity index is 1.24. The number of para-hydroxylation sites is 1. The van der Waals surface area contributed by atoms with Crippen molar-refractivity contribution in [2.24, 2.45) is 0 Å². The maximum absolute atomic E-state index is 13.9. The summed E-state index contributed by atoms with van der Waals surface area (Å²) in [5, 5.41) is 4.34. The number of hydrogen-bond donors (Lipinski definition) is 0. The quantitative estimate of drug-likeness (QED) is 0.381. The summed E-state index contributed by atoms with van der Waals surface area (Å²) in [6.07, 6.45) is 1.66. The SMILES string of the molecule is Fc1ccccc1OC1CCN(Cc2nc(C(c3ccccc3)c3ccccc3)no2)CC1. The van der Waals surface area contributed by atoms with Crippen LogP contribution in [0.2, 0.25) is 0 Å². The molecule has 5 rings (SSSR count). The number of benzene rings is 3. The number of rotatable bonds is 7. The Morgan fingerprint density at radius 2 is 1.48 bits per heavy atom. The van der Waals surface area contributed by atoms with Gasteiger partial charge in [-0.3, -0.25) is 4.90 Å². The maximum Gasteiger partial charge on any atom is 0.240 e. The first-order chi connectivity index (χ1) is 16.3. The van der Waals surface area contributed by atoms with Gasteiger partial charge in [0.1, 0.15) is 6.10 Å². The molecule has 2 heterocycles. The Labute approximate surface area is 192 Å². The van der Waals surface area contributed by atoms with Gasteiger partial charge in [0.25, 0.3) is 0 Å². The van der Waals surface area contributed by atoms with Gasteiger partial charge < -0.3 is 9.26 Å². The standard InChI is InChI=1S/C27H26FN3O2/c28-23-13-7-8-14-24(23)32-22-15-17-31(18-16-22)19-25-29-27(30-33-25)26(20-9-3-1-4-10-20)21-11-5-2-6-12-21/h1-14,22,26H,15-19H2. The number of aromatic nitrogens is 2. The smallest absolute Gasteiger partial charge is 0.240 e. The van der Waals surface area contributed by atoms with Crippen molar-refractivity contribution in [1.82, 2.24) is 15.0 Å². The third-order valence-corrected chi connectivity index (χ3v) is 6.03. The lowest BCUT2D eigenvalue weighted by Crippen LogP contribution is -2.38.